The summed E-state index contributed by atoms with van der Waals surface area (Å²) in [4.78, 5) is 4.57. The average Bonchev–Trinajstić information content (AvgIpc) is 2.67. The Morgan fingerprint density at radius 2 is 2.10 bits per heavy atom. The number of imidazole rings is 1. The molecule has 0 aliphatic carbocycles. The van der Waals surface area contributed by atoms with Gasteiger partial charge in [-0.2, -0.15) is 0 Å². The van der Waals surface area contributed by atoms with Crippen LogP contribution in [0.1, 0.15) is 18.4 Å². The zero-order chi connectivity index (χ0) is 13.9. The molecule has 0 atom stereocenters. The van der Waals surface area contributed by atoms with Crippen molar-refractivity contribution in [3.63, 3.8) is 0 Å². The number of rotatable bonds is 1. The Kier molecular flexibility index (Phi) is 3.54. The van der Waals surface area contributed by atoms with Crippen molar-refractivity contribution in [3.8, 4) is 11.4 Å². The fourth-order valence-electron chi connectivity index (χ4n) is 2.52. The van der Waals surface area contributed by atoms with Crippen molar-refractivity contribution < 1.29 is 9.30 Å². The monoisotopic (exact) mass is 270 g/mol. The van der Waals surface area contributed by atoms with Crippen LogP contribution in [0.25, 0.3) is 11.4 Å². The Labute approximate surface area is 119 Å². The number of hydrogen-bond acceptors (Lipinski definition) is 2. The lowest BCUT2D eigenvalue weighted by Gasteiger charge is -2.07. The van der Waals surface area contributed by atoms with E-state index in [2.05, 4.69) is 47.8 Å². The van der Waals surface area contributed by atoms with Crippen molar-refractivity contribution in [3.05, 3.63) is 42.2 Å². The highest BCUT2D eigenvalue weighted by atomic mass is 16.5. The molecule has 2 aromatic rings. The van der Waals surface area contributed by atoms with Gasteiger partial charge in [0.05, 0.1) is 19.2 Å². The van der Waals surface area contributed by atoms with Gasteiger partial charge in [0, 0.05) is 6.54 Å². The highest BCUT2D eigenvalue weighted by Gasteiger charge is 2.24. The maximum atomic E-state index is 5.80. The zero-order valence-corrected chi connectivity index (χ0v) is 12.0. The minimum absolute atomic E-state index is 0.710. The highest BCUT2D eigenvalue weighted by Crippen LogP contribution is 2.20. The predicted molar refractivity (Wildman–Crippen MR) is 78.7 cm³/mol. The molecule has 1 aromatic heterocycles. The summed E-state index contributed by atoms with van der Waals surface area (Å²) in [7, 11) is 2.05. The average molecular weight is 270 g/mol. The maximum absolute atomic E-state index is 5.80. The lowest BCUT2D eigenvalue weighted by Crippen LogP contribution is -2.31. The molecule has 4 heteroatoms. The molecule has 0 N–H and O–H groups in total. The van der Waals surface area contributed by atoms with Crippen LogP contribution in [0.4, 0.5) is 0 Å². The summed E-state index contributed by atoms with van der Waals surface area (Å²) in [5, 5.41) is 0. The van der Waals surface area contributed by atoms with Gasteiger partial charge in [-0.3, -0.25) is 0 Å². The Morgan fingerprint density at radius 1 is 1.25 bits per heavy atom. The molecule has 0 bridgehead atoms. The van der Waals surface area contributed by atoms with Gasteiger partial charge >= 0.3 is 6.02 Å². The summed E-state index contributed by atoms with van der Waals surface area (Å²) < 4.78 is 9.96. The van der Waals surface area contributed by atoms with Crippen molar-refractivity contribution in [2.24, 2.45) is 12.0 Å². The second-order valence-electron chi connectivity index (χ2n) is 5.14. The first-order chi connectivity index (χ1) is 9.77. The molecule has 1 aliphatic rings. The first-order valence-electron chi connectivity index (χ1n) is 7.08. The molecule has 0 saturated carbocycles. The number of aryl methyl sites for hydroxylation is 2. The molecule has 104 valence electrons. The molecule has 1 aromatic carbocycles. The van der Waals surface area contributed by atoms with E-state index in [9.17, 15) is 0 Å². The molecule has 4 nitrogen and oxygen atoms in total. The molecule has 20 heavy (non-hydrogen) atoms. The van der Waals surface area contributed by atoms with E-state index in [0.717, 1.165) is 31.8 Å². The quantitative estimate of drug-likeness (QED) is 0.731. The van der Waals surface area contributed by atoms with Gasteiger partial charge in [-0.25, -0.2) is 9.56 Å². The highest BCUT2D eigenvalue weighted by molar-refractivity contribution is 5.81. The number of hydrogen-bond donors (Lipinski definition) is 0. The SMILES string of the molecule is Cc1ccccc1-c1n(C2=NCCCCO2)cc[n+]1C. The Hall–Kier alpha value is -2.10. The van der Waals surface area contributed by atoms with Crippen molar-refractivity contribution in [1.29, 1.82) is 0 Å². The minimum atomic E-state index is 0.710. The van der Waals surface area contributed by atoms with Crippen LogP contribution in [0.3, 0.4) is 0 Å². The van der Waals surface area contributed by atoms with Crippen molar-refractivity contribution in [2.75, 3.05) is 13.2 Å². The minimum Gasteiger partial charge on any atom is -0.447 e. The van der Waals surface area contributed by atoms with E-state index in [1.807, 2.05) is 17.0 Å². The number of benzene rings is 1. The first kappa shape index (κ1) is 12.9. The lowest BCUT2D eigenvalue weighted by atomic mass is 10.1. The van der Waals surface area contributed by atoms with Crippen LogP contribution in [0.5, 0.6) is 0 Å². The Balaban J connectivity index is 2.10. The third kappa shape index (κ3) is 2.33. The van der Waals surface area contributed by atoms with E-state index in [1.165, 1.54) is 11.1 Å². The fraction of sp³-hybridized carbons (Fsp3) is 0.375. The molecule has 0 fully saturated rings. The summed E-state index contributed by atoms with van der Waals surface area (Å²) >= 11 is 0. The molecule has 0 unspecified atom stereocenters. The molecule has 0 spiro atoms. The van der Waals surface area contributed by atoms with Crippen molar-refractivity contribution >= 4 is 6.02 Å². The zero-order valence-electron chi connectivity index (χ0n) is 12.0. The van der Waals surface area contributed by atoms with Crippen LogP contribution in [-0.2, 0) is 11.8 Å². The largest absolute Gasteiger partial charge is 0.447 e. The van der Waals surface area contributed by atoms with Crippen LogP contribution >= 0.6 is 0 Å². The summed E-state index contributed by atoms with van der Waals surface area (Å²) in [6, 6.07) is 9.10. The topological polar surface area (TPSA) is 30.4 Å². The summed E-state index contributed by atoms with van der Waals surface area (Å²) in [6.45, 7) is 3.71. The van der Waals surface area contributed by atoms with Gasteiger partial charge in [-0.15, -0.1) is 4.57 Å². The summed E-state index contributed by atoms with van der Waals surface area (Å²) in [5.74, 6) is 1.10. The van der Waals surface area contributed by atoms with Crippen LogP contribution in [-0.4, -0.2) is 23.7 Å². The van der Waals surface area contributed by atoms with Crippen LogP contribution in [0.2, 0.25) is 0 Å². The second kappa shape index (κ2) is 5.49. The van der Waals surface area contributed by atoms with Crippen molar-refractivity contribution in [1.82, 2.24) is 4.57 Å². The predicted octanol–water partition coefficient (Wildman–Crippen LogP) is 2.30. The van der Waals surface area contributed by atoms with Gasteiger partial charge < -0.3 is 4.74 Å². The van der Waals surface area contributed by atoms with E-state index < -0.39 is 0 Å². The Bertz CT molecular complexity index is 643. The molecule has 0 saturated heterocycles. The van der Waals surface area contributed by atoms with Gasteiger partial charge in [0.1, 0.15) is 12.4 Å². The molecule has 0 radical (unpaired) electrons. The number of aromatic nitrogens is 2. The molecular formula is C16H20N3O+. The summed E-state index contributed by atoms with van der Waals surface area (Å²) in [6.07, 6.45) is 6.22. The van der Waals surface area contributed by atoms with E-state index in [0.29, 0.717) is 6.02 Å². The fourth-order valence-corrected chi connectivity index (χ4v) is 2.52. The summed E-state index contributed by atoms with van der Waals surface area (Å²) in [5.41, 5.74) is 2.45. The second-order valence-corrected chi connectivity index (χ2v) is 5.14. The van der Waals surface area contributed by atoms with Crippen LogP contribution in [0.15, 0.2) is 41.7 Å². The molecular weight excluding hydrogens is 250 g/mol. The third-order valence-corrected chi connectivity index (χ3v) is 3.62. The van der Waals surface area contributed by atoms with Crippen LogP contribution < -0.4 is 4.57 Å². The maximum Gasteiger partial charge on any atom is 0.390 e. The van der Waals surface area contributed by atoms with Gasteiger partial charge in [-0.05, 0) is 31.4 Å². The smallest absolute Gasteiger partial charge is 0.390 e. The van der Waals surface area contributed by atoms with Gasteiger partial charge in [0.15, 0.2) is 0 Å². The number of ether oxygens (including phenoxy) is 1. The lowest BCUT2D eigenvalue weighted by molar-refractivity contribution is -0.659. The first-order valence-corrected chi connectivity index (χ1v) is 7.08. The van der Waals surface area contributed by atoms with E-state index in [-0.39, 0.29) is 0 Å². The molecule has 0 amide bonds. The van der Waals surface area contributed by atoms with Crippen molar-refractivity contribution in [2.45, 2.75) is 19.8 Å². The number of nitrogens with zero attached hydrogens (tertiary/aromatic N) is 3. The third-order valence-electron chi connectivity index (χ3n) is 3.62. The van der Waals surface area contributed by atoms with E-state index in [4.69, 9.17) is 4.74 Å². The molecule has 2 heterocycles. The van der Waals surface area contributed by atoms with Gasteiger partial charge in [0.2, 0.25) is 0 Å². The van der Waals surface area contributed by atoms with E-state index in [1.54, 1.807) is 0 Å². The van der Waals surface area contributed by atoms with Gasteiger partial charge in [0.25, 0.3) is 5.82 Å². The molecule has 3 rings (SSSR count). The number of aliphatic imine (C=N–C) groups is 1. The Morgan fingerprint density at radius 3 is 2.95 bits per heavy atom. The van der Waals surface area contributed by atoms with E-state index >= 15 is 0 Å². The standard InChI is InChI=1S/C16H20N3O/c1-13-7-3-4-8-14(13)15-18(2)10-11-19(15)16-17-9-5-6-12-20-16/h3-4,7-8,10-11H,5-6,9,12H2,1-2H3/q+1. The van der Waals surface area contributed by atoms with Crippen LogP contribution in [0, 0.1) is 6.92 Å². The molecule has 1 aliphatic heterocycles. The van der Waals surface area contributed by atoms with Gasteiger partial charge in [-0.1, -0.05) is 18.2 Å². The normalized spacial score (nSPS) is 15.4.